The number of halogens is 2. The normalized spacial score (nSPS) is 10.2. The maximum atomic E-state index is 11.8. The van der Waals surface area contributed by atoms with Gasteiger partial charge in [-0.05, 0) is 30.7 Å². The van der Waals surface area contributed by atoms with E-state index in [1.54, 1.807) is 25.1 Å². The molecule has 0 aliphatic rings. The number of esters is 1. The smallest absolute Gasteiger partial charge is 0.338 e. The molecule has 0 heterocycles. The van der Waals surface area contributed by atoms with Crippen LogP contribution in [0.3, 0.4) is 0 Å². The Morgan fingerprint density at radius 2 is 1.94 bits per heavy atom. The van der Waals surface area contributed by atoms with Gasteiger partial charge < -0.3 is 4.74 Å². The number of hydrogen-bond acceptors (Lipinski definition) is 3. The van der Waals surface area contributed by atoms with Crippen LogP contribution in [0, 0.1) is 0 Å². The zero-order chi connectivity index (χ0) is 13.5. The van der Waals surface area contributed by atoms with Gasteiger partial charge in [0.1, 0.15) is 0 Å². The number of ketones is 1. The Kier molecular flexibility index (Phi) is 6.36. The summed E-state index contributed by atoms with van der Waals surface area (Å²) in [7, 11) is 0. The third-order valence-electron chi connectivity index (χ3n) is 2.30. The third-order valence-corrected chi connectivity index (χ3v) is 3.01. The minimum atomic E-state index is -0.433. The SMILES string of the molecule is CCOC(=O)c1cc(CCl)cc(C(=O)CCBr)c1. The molecule has 0 aromatic heterocycles. The van der Waals surface area contributed by atoms with Gasteiger partial charge >= 0.3 is 5.97 Å². The van der Waals surface area contributed by atoms with Crippen molar-refractivity contribution < 1.29 is 14.3 Å². The van der Waals surface area contributed by atoms with Crippen LogP contribution in [0.2, 0.25) is 0 Å². The number of benzene rings is 1. The summed E-state index contributed by atoms with van der Waals surface area (Å²) in [5, 5.41) is 0.589. The summed E-state index contributed by atoms with van der Waals surface area (Å²) in [4.78, 5) is 23.5. The predicted octanol–water partition coefficient (Wildman–Crippen LogP) is 3.57. The fourth-order valence-electron chi connectivity index (χ4n) is 1.49. The van der Waals surface area contributed by atoms with E-state index in [1.165, 1.54) is 0 Å². The van der Waals surface area contributed by atoms with Crippen molar-refractivity contribution in [2.75, 3.05) is 11.9 Å². The summed E-state index contributed by atoms with van der Waals surface area (Å²) in [6.07, 6.45) is 0.383. The Morgan fingerprint density at radius 1 is 1.28 bits per heavy atom. The van der Waals surface area contributed by atoms with E-state index in [4.69, 9.17) is 16.3 Å². The molecule has 18 heavy (non-hydrogen) atoms. The first-order chi connectivity index (χ1) is 8.62. The summed E-state index contributed by atoms with van der Waals surface area (Å²) in [6.45, 7) is 2.04. The van der Waals surface area contributed by atoms with Crippen LogP contribution in [0.4, 0.5) is 0 Å². The molecule has 0 saturated carbocycles. The van der Waals surface area contributed by atoms with Crippen LogP contribution in [-0.2, 0) is 10.6 Å². The lowest BCUT2D eigenvalue weighted by Gasteiger charge is -2.07. The highest BCUT2D eigenvalue weighted by Gasteiger charge is 2.13. The first-order valence-corrected chi connectivity index (χ1v) is 7.24. The molecule has 0 aliphatic heterocycles. The van der Waals surface area contributed by atoms with Gasteiger partial charge in [0.15, 0.2) is 5.78 Å². The number of rotatable bonds is 6. The number of ether oxygens (including phenoxy) is 1. The van der Waals surface area contributed by atoms with Gasteiger partial charge in [-0.1, -0.05) is 15.9 Å². The second-order valence-corrected chi connectivity index (χ2v) is 4.70. The molecule has 0 fully saturated rings. The van der Waals surface area contributed by atoms with Gasteiger partial charge in [0, 0.05) is 23.2 Å². The summed E-state index contributed by atoms with van der Waals surface area (Å²) in [5.41, 5.74) is 1.60. The highest BCUT2D eigenvalue weighted by atomic mass is 79.9. The monoisotopic (exact) mass is 332 g/mol. The van der Waals surface area contributed by atoms with E-state index in [9.17, 15) is 9.59 Å². The number of hydrogen-bond donors (Lipinski definition) is 0. The van der Waals surface area contributed by atoms with E-state index in [0.29, 0.717) is 29.5 Å². The number of carbonyl (C=O) groups excluding carboxylic acids is 2. The maximum absolute atomic E-state index is 11.8. The Balaban J connectivity index is 3.08. The van der Waals surface area contributed by atoms with Crippen LogP contribution in [0.1, 0.15) is 39.6 Å². The molecule has 0 N–H and O–H groups in total. The van der Waals surface area contributed by atoms with E-state index in [1.807, 2.05) is 0 Å². The minimum Gasteiger partial charge on any atom is -0.462 e. The van der Waals surface area contributed by atoms with Crippen LogP contribution >= 0.6 is 27.5 Å². The van der Waals surface area contributed by atoms with E-state index < -0.39 is 5.97 Å². The second kappa shape index (κ2) is 7.54. The molecule has 1 aromatic carbocycles. The molecule has 1 rings (SSSR count). The highest BCUT2D eigenvalue weighted by molar-refractivity contribution is 9.09. The largest absolute Gasteiger partial charge is 0.462 e. The predicted molar refractivity (Wildman–Crippen MR) is 74.7 cm³/mol. The van der Waals surface area contributed by atoms with Crippen molar-refractivity contribution in [2.45, 2.75) is 19.2 Å². The fourth-order valence-corrected chi connectivity index (χ4v) is 2.01. The Hall–Kier alpha value is -0.870. The summed E-state index contributed by atoms with van der Waals surface area (Å²) < 4.78 is 4.92. The lowest BCUT2D eigenvalue weighted by atomic mass is 10.0. The van der Waals surface area contributed by atoms with E-state index in [-0.39, 0.29) is 11.7 Å². The number of Topliss-reactive ketones (excluding diaryl/α,β-unsaturated/α-hetero) is 1. The van der Waals surface area contributed by atoms with E-state index in [2.05, 4.69) is 15.9 Å². The molecule has 0 amide bonds. The molecule has 5 heteroatoms. The van der Waals surface area contributed by atoms with Crippen LogP contribution in [0.25, 0.3) is 0 Å². The molecule has 98 valence electrons. The van der Waals surface area contributed by atoms with Crippen LogP contribution in [0.15, 0.2) is 18.2 Å². The first kappa shape index (κ1) is 15.2. The number of carbonyl (C=O) groups is 2. The van der Waals surface area contributed by atoms with E-state index >= 15 is 0 Å². The van der Waals surface area contributed by atoms with Gasteiger partial charge in [-0.25, -0.2) is 4.79 Å². The van der Waals surface area contributed by atoms with Crippen molar-refractivity contribution in [1.82, 2.24) is 0 Å². The molecule has 1 aromatic rings. The minimum absolute atomic E-state index is 0.0237. The first-order valence-electron chi connectivity index (χ1n) is 5.58. The topological polar surface area (TPSA) is 43.4 Å². The van der Waals surface area contributed by atoms with Crippen molar-refractivity contribution in [2.24, 2.45) is 0 Å². The van der Waals surface area contributed by atoms with Crippen molar-refractivity contribution in [3.63, 3.8) is 0 Å². The quantitative estimate of drug-likeness (QED) is 0.454. The maximum Gasteiger partial charge on any atom is 0.338 e. The molecule has 0 aliphatic carbocycles. The molecule has 3 nitrogen and oxygen atoms in total. The number of alkyl halides is 2. The highest BCUT2D eigenvalue weighted by Crippen LogP contribution is 2.15. The second-order valence-electron chi connectivity index (χ2n) is 3.63. The van der Waals surface area contributed by atoms with Crippen molar-refractivity contribution in [3.8, 4) is 0 Å². The third kappa shape index (κ3) is 4.10. The van der Waals surface area contributed by atoms with Crippen LogP contribution < -0.4 is 0 Å². The Labute approximate surface area is 120 Å². The molecule has 0 unspecified atom stereocenters. The van der Waals surface area contributed by atoms with Crippen molar-refractivity contribution in [3.05, 3.63) is 34.9 Å². The summed E-state index contributed by atoms with van der Waals surface area (Å²) in [6, 6.07) is 4.91. The van der Waals surface area contributed by atoms with Gasteiger partial charge in [-0.3, -0.25) is 4.79 Å². The molecule has 0 bridgehead atoms. The standard InChI is InChI=1S/C13H14BrClO3/c1-2-18-13(17)11-6-9(8-15)5-10(7-11)12(16)3-4-14/h5-7H,2-4,8H2,1H3. The Bertz CT molecular complexity index is 410. The molecule has 0 atom stereocenters. The lowest BCUT2D eigenvalue weighted by molar-refractivity contribution is 0.0526. The average molecular weight is 334 g/mol. The molecule has 0 saturated heterocycles. The van der Waals surface area contributed by atoms with Gasteiger partial charge in [0.2, 0.25) is 0 Å². The molecular formula is C13H14BrClO3. The fraction of sp³-hybridized carbons (Fsp3) is 0.385. The Morgan fingerprint density at radius 3 is 2.50 bits per heavy atom. The lowest BCUT2D eigenvalue weighted by Crippen LogP contribution is -2.08. The van der Waals surface area contributed by atoms with Crippen LogP contribution in [-0.4, -0.2) is 23.7 Å². The van der Waals surface area contributed by atoms with Gasteiger partial charge in [-0.15, -0.1) is 11.6 Å². The zero-order valence-electron chi connectivity index (χ0n) is 10.0. The van der Waals surface area contributed by atoms with Gasteiger partial charge in [0.25, 0.3) is 0 Å². The zero-order valence-corrected chi connectivity index (χ0v) is 12.4. The summed E-state index contributed by atoms with van der Waals surface area (Å²) >= 11 is 8.98. The average Bonchev–Trinajstić information content (AvgIpc) is 2.38. The van der Waals surface area contributed by atoms with E-state index in [0.717, 1.165) is 5.56 Å². The van der Waals surface area contributed by atoms with Gasteiger partial charge in [0.05, 0.1) is 12.2 Å². The van der Waals surface area contributed by atoms with Crippen molar-refractivity contribution >= 4 is 39.3 Å². The molecular weight excluding hydrogens is 319 g/mol. The summed E-state index contributed by atoms with van der Waals surface area (Å²) in [5.74, 6) is -0.205. The molecule has 0 radical (unpaired) electrons. The van der Waals surface area contributed by atoms with Crippen molar-refractivity contribution in [1.29, 1.82) is 0 Å². The molecule has 0 spiro atoms. The van der Waals surface area contributed by atoms with Gasteiger partial charge in [-0.2, -0.15) is 0 Å². The van der Waals surface area contributed by atoms with Crippen LogP contribution in [0.5, 0.6) is 0 Å².